The summed E-state index contributed by atoms with van der Waals surface area (Å²) in [6.07, 6.45) is 3.15. The second-order valence-electron chi connectivity index (χ2n) is 4.52. The lowest BCUT2D eigenvalue weighted by atomic mass is 9.78. The molecule has 0 spiro atoms. The number of carbonyl (C=O) groups excluding carboxylic acids is 1. The minimum Gasteiger partial charge on any atom is -0.350 e. The van der Waals surface area contributed by atoms with Gasteiger partial charge in [-0.25, -0.2) is 0 Å². The van der Waals surface area contributed by atoms with E-state index in [9.17, 15) is 4.79 Å². The van der Waals surface area contributed by atoms with Crippen molar-refractivity contribution in [1.82, 2.24) is 5.32 Å². The molecule has 1 aromatic carbocycles. The number of carbonyl (C=O) groups is 1. The number of benzene rings is 1. The Morgan fingerprint density at radius 3 is 2.71 bits per heavy atom. The number of nitrogens with one attached hydrogen (secondary N) is 1. The monoisotopic (exact) mass is 360 g/mol. The summed E-state index contributed by atoms with van der Waals surface area (Å²) >= 11 is 6.72. The van der Waals surface area contributed by atoms with Gasteiger partial charge < -0.3 is 11.1 Å². The van der Waals surface area contributed by atoms with Gasteiger partial charge in [-0.1, -0.05) is 15.9 Å². The zero-order valence-electron chi connectivity index (χ0n) is 9.30. The van der Waals surface area contributed by atoms with E-state index < -0.39 is 0 Å². The first-order valence-electron chi connectivity index (χ1n) is 5.52. The molecule has 0 aliphatic heterocycles. The van der Waals surface area contributed by atoms with Crippen LogP contribution in [0.1, 0.15) is 29.6 Å². The summed E-state index contributed by atoms with van der Waals surface area (Å²) < 4.78 is 1.68. The molecule has 92 valence electrons. The molecule has 17 heavy (non-hydrogen) atoms. The summed E-state index contributed by atoms with van der Waals surface area (Å²) in [6.45, 7) is 0.546. The molecule has 1 aliphatic rings. The predicted octanol–water partition coefficient (Wildman–Crippen LogP) is 2.82. The molecule has 0 bridgehead atoms. The third-order valence-electron chi connectivity index (χ3n) is 3.12. The number of hydrogen-bond donors (Lipinski definition) is 2. The minimum atomic E-state index is -0.186. The first kappa shape index (κ1) is 13.1. The highest BCUT2D eigenvalue weighted by molar-refractivity contribution is 9.11. The third kappa shape index (κ3) is 3.09. The van der Waals surface area contributed by atoms with Crippen molar-refractivity contribution in [2.24, 2.45) is 5.73 Å². The highest BCUT2D eigenvalue weighted by atomic mass is 79.9. The van der Waals surface area contributed by atoms with Crippen LogP contribution in [0.3, 0.4) is 0 Å². The van der Waals surface area contributed by atoms with Crippen LogP contribution in [0.2, 0.25) is 0 Å². The summed E-state index contributed by atoms with van der Waals surface area (Å²) in [5, 5.41) is 2.89. The zero-order chi connectivity index (χ0) is 12.5. The van der Waals surface area contributed by atoms with Crippen molar-refractivity contribution in [2.45, 2.75) is 24.8 Å². The van der Waals surface area contributed by atoms with Gasteiger partial charge in [-0.05, 0) is 53.4 Å². The van der Waals surface area contributed by atoms with Crippen molar-refractivity contribution in [1.29, 1.82) is 0 Å². The van der Waals surface area contributed by atoms with E-state index in [1.165, 1.54) is 0 Å². The maximum Gasteiger partial charge on any atom is 0.252 e. The van der Waals surface area contributed by atoms with Crippen molar-refractivity contribution in [3.8, 4) is 0 Å². The molecule has 3 N–H and O–H groups in total. The Morgan fingerprint density at radius 2 is 2.12 bits per heavy atom. The van der Waals surface area contributed by atoms with Crippen LogP contribution in [0, 0.1) is 0 Å². The van der Waals surface area contributed by atoms with E-state index in [4.69, 9.17) is 5.73 Å². The molecule has 1 saturated carbocycles. The molecular weight excluding hydrogens is 348 g/mol. The lowest BCUT2D eigenvalue weighted by Gasteiger charge is -2.38. The van der Waals surface area contributed by atoms with Crippen LogP contribution in [0.25, 0.3) is 0 Å². The van der Waals surface area contributed by atoms with Crippen molar-refractivity contribution in [3.05, 3.63) is 32.7 Å². The first-order chi connectivity index (χ1) is 8.00. The van der Waals surface area contributed by atoms with Gasteiger partial charge in [0.1, 0.15) is 0 Å². The summed E-state index contributed by atoms with van der Waals surface area (Å²) in [5.41, 5.74) is 6.50. The van der Waals surface area contributed by atoms with Gasteiger partial charge in [0.15, 0.2) is 0 Å². The fourth-order valence-electron chi connectivity index (χ4n) is 1.83. The molecule has 1 aromatic rings. The van der Waals surface area contributed by atoms with Crippen LogP contribution in [-0.4, -0.2) is 18.0 Å². The molecule has 0 heterocycles. The largest absolute Gasteiger partial charge is 0.350 e. The van der Waals surface area contributed by atoms with E-state index in [2.05, 4.69) is 37.2 Å². The Labute approximate surface area is 117 Å². The fraction of sp³-hybridized carbons (Fsp3) is 0.417. The summed E-state index contributed by atoms with van der Waals surface area (Å²) in [5.74, 6) is -0.0881. The second-order valence-corrected chi connectivity index (χ2v) is 6.29. The maximum atomic E-state index is 12.0. The average molecular weight is 362 g/mol. The lowest BCUT2D eigenvalue weighted by Crippen LogP contribution is -2.54. The predicted molar refractivity (Wildman–Crippen MR) is 74.9 cm³/mol. The van der Waals surface area contributed by atoms with Crippen LogP contribution in [0.15, 0.2) is 27.1 Å². The van der Waals surface area contributed by atoms with Gasteiger partial charge in [0.05, 0.1) is 5.56 Å². The second kappa shape index (κ2) is 5.08. The van der Waals surface area contributed by atoms with Crippen LogP contribution in [0.5, 0.6) is 0 Å². The van der Waals surface area contributed by atoms with Crippen molar-refractivity contribution in [3.63, 3.8) is 0 Å². The van der Waals surface area contributed by atoms with Gasteiger partial charge in [-0.3, -0.25) is 4.79 Å². The topological polar surface area (TPSA) is 55.1 Å². The van der Waals surface area contributed by atoms with E-state index in [1.807, 2.05) is 12.1 Å². The maximum absolute atomic E-state index is 12.0. The first-order valence-corrected chi connectivity index (χ1v) is 7.11. The molecule has 0 unspecified atom stereocenters. The molecule has 3 nitrogen and oxygen atoms in total. The van der Waals surface area contributed by atoms with Crippen molar-refractivity contribution in [2.75, 3.05) is 6.54 Å². The van der Waals surface area contributed by atoms with E-state index >= 15 is 0 Å². The van der Waals surface area contributed by atoms with Gasteiger partial charge in [-0.15, -0.1) is 0 Å². The number of hydrogen-bond acceptors (Lipinski definition) is 2. The highest BCUT2D eigenvalue weighted by Gasteiger charge is 2.32. The van der Waals surface area contributed by atoms with E-state index in [1.54, 1.807) is 6.07 Å². The van der Waals surface area contributed by atoms with Gasteiger partial charge in [0.25, 0.3) is 5.91 Å². The van der Waals surface area contributed by atoms with Gasteiger partial charge in [0.2, 0.25) is 0 Å². The number of amides is 1. The van der Waals surface area contributed by atoms with Crippen molar-refractivity contribution >= 4 is 37.8 Å². The summed E-state index contributed by atoms with van der Waals surface area (Å²) in [6, 6.07) is 5.53. The van der Waals surface area contributed by atoms with E-state index in [-0.39, 0.29) is 11.4 Å². The van der Waals surface area contributed by atoms with Gasteiger partial charge in [-0.2, -0.15) is 0 Å². The van der Waals surface area contributed by atoms with Gasteiger partial charge in [0, 0.05) is 21.0 Å². The van der Waals surface area contributed by atoms with E-state index in [0.29, 0.717) is 12.1 Å². The SMILES string of the molecule is NC1(CNC(=O)c2cc(Br)ccc2Br)CCC1. The molecule has 0 atom stereocenters. The highest BCUT2D eigenvalue weighted by Crippen LogP contribution is 2.28. The molecular formula is C12H14Br2N2O. The quantitative estimate of drug-likeness (QED) is 0.869. The lowest BCUT2D eigenvalue weighted by molar-refractivity contribution is 0.0929. The van der Waals surface area contributed by atoms with Gasteiger partial charge >= 0.3 is 0 Å². The molecule has 1 aliphatic carbocycles. The number of rotatable bonds is 3. The van der Waals surface area contributed by atoms with Crippen molar-refractivity contribution < 1.29 is 4.79 Å². The Balaban J connectivity index is 2.01. The standard InChI is InChI=1S/C12H14Br2N2O/c13-8-2-3-10(14)9(6-8)11(17)16-7-12(15)4-1-5-12/h2-3,6H,1,4-5,7,15H2,(H,16,17). The minimum absolute atomic E-state index is 0.0881. The molecule has 5 heteroatoms. The Hall–Kier alpha value is -0.390. The Morgan fingerprint density at radius 1 is 1.41 bits per heavy atom. The Bertz CT molecular complexity index is 444. The van der Waals surface area contributed by atoms with Crippen LogP contribution in [0.4, 0.5) is 0 Å². The van der Waals surface area contributed by atoms with Crippen LogP contribution in [-0.2, 0) is 0 Å². The molecule has 0 radical (unpaired) electrons. The summed E-state index contributed by atoms with van der Waals surface area (Å²) in [7, 11) is 0. The normalized spacial score (nSPS) is 17.4. The van der Waals surface area contributed by atoms with Crippen LogP contribution >= 0.6 is 31.9 Å². The zero-order valence-corrected chi connectivity index (χ0v) is 12.5. The summed E-state index contributed by atoms with van der Waals surface area (Å²) in [4.78, 5) is 12.0. The molecule has 1 amide bonds. The smallest absolute Gasteiger partial charge is 0.252 e. The molecule has 0 aromatic heterocycles. The fourth-order valence-corrected chi connectivity index (χ4v) is 2.62. The number of halogens is 2. The van der Waals surface area contributed by atoms with Crippen LogP contribution < -0.4 is 11.1 Å². The third-order valence-corrected chi connectivity index (χ3v) is 4.31. The molecule has 1 fully saturated rings. The average Bonchev–Trinajstić information content (AvgIpc) is 2.26. The number of nitrogens with two attached hydrogens (primary N) is 1. The Kier molecular flexibility index (Phi) is 3.90. The molecule has 0 saturated heterocycles. The molecule has 2 rings (SSSR count). The van der Waals surface area contributed by atoms with E-state index in [0.717, 1.165) is 28.2 Å².